The first-order valence-corrected chi connectivity index (χ1v) is 5.49. The standard InChI is InChI=1S/C12H10N2S/c13-8-9-4-1-2-5-10(9)12(14)11-6-3-7-15-11/h1-7,12H,14H2/t12-/m0/s1. The van der Waals surface area contributed by atoms with Crippen LogP contribution < -0.4 is 5.73 Å². The summed E-state index contributed by atoms with van der Waals surface area (Å²) in [5, 5.41) is 11.0. The Morgan fingerprint density at radius 3 is 2.67 bits per heavy atom. The van der Waals surface area contributed by atoms with Crippen LogP contribution in [0.3, 0.4) is 0 Å². The highest BCUT2D eigenvalue weighted by molar-refractivity contribution is 7.10. The van der Waals surface area contributed by atoms with E-state index in [9.17, 15) is 0 Å². The number of nitriles is 1. The maximum absolute atomic E-state index is 8.96. The average molecular weight is 214 g/mol. The lowest BCUT2D eigenvalue weighted by atomic mass is 10.0. The molecule has 2 rings (SSSR count). The minimum absolute atomic E-state index is 0.194. The quantitative estimate of drug-likeness (QED) is 0.835. The third kappa shape index (κ3) is 1.91. The molecule has 1 atom stereocenters. The summed E-state index contributed by atoms with van der Waals surface area (Å²) in [4.78, 5) is 1.08. The van der Waals surface area contributed by atoms with Crippen molar-refractivity contribution in [3.8, 4) is 6.07 Å². The van der Waals surface area contributed by atoms with Crippen molar-refractivity contribution < 1.29 is 0 Å². The smallest absolute Gasteiger partial charge is 0.0995 e. The van der Waals surface area contributed by atoms with Gasteiger partial charge in [0.05, 0.1) is 17.7 Å². The molecule has 0 fully saturated rings. The summed E-state index contributed by atoms with van der Waals surface area (Å²) in [6, 6.07) is 13.4. The van der Waals surface area contributed by atoms with Gasteiger partial charge < -0.3 is 5.73 Å². The third-order valence-electron chi connectivity index (χ3n) is 2.27. The van der Waals surface area contributed by atoms with Crippen molar-refractivity contribution in [1.82, 2.24) is 0 Å². The van der Waals surface area contributed by atoms with E-state index >= 15 is 0 Å². The van der Waals surface area contributed by atoms with Gasteiger partial charge in [0.15, 0.2) is 0 Å². The lowest BCUT2D eigenvalue weighted by molar-refractivity contribution is 0.889. The molecular formula is C12H10N2S. The fraction of sp³-hybridized carbons (Fsp3) is 0.0833. The van der Waals surface area contributed by atoms with Crippen LogP contribution in [-0.4, -0.2) is 0 Å². The molecule has 0 spiro atoms. The summed E-state index contributed by atoms with van der Waals surface area (Å²) in [5.74, 6) is 0. The van der Waals surface area contributed by atoms with Crippen LogP contribution in [0.25, 0.3) is 0 Å². The molecular weight excluding hydrogens is 204 g/mol. The van der Waals surface area contributed by atoms with E-state index in [0.29, 0.717) is 5.56 Å². The van der Waals surface area contributed by atoms with Crippen molar-refractivity contribution in [3.05, 3.63) is 57.8 Å². The maximum Gasteiger partial charge on any atom is 0.0995 e. The zero-order valence-corrected chi connectivity index (χ0v) is 8.87. The molecule has 0 saturated carbocycles. The van der Waals surface area contributed by atoms with Crippen LogP contribution in [0.2, 0.25) is 0 Å². The van der Waals surface area contributed by atoms with Gasteiger partial charge in [-0.2, -0.15) is 5.26 Å². The van der Waals surface area contributed by atoms with Gasteiger partial charge in [0, 0.05) is 4.88 Å². The average Bonchev–Trinajstić information content (AvgIpc) is 2.81. The Morgan fingerprint density at radius 1 is 1.20 bits per heavy atom. The third-order valence-corrected chi connectivity index (χ3v) is 3.22. The molecule has 0 unspecified atom stereocenters. The number of rotatable bonds is 2. The lowest BCUT2D eigenvalue weighted by Crippen LogP contribution is -2.11. The van der Waals surface area contributed by atoms with Gasteiger partial charge in [0.25, 0.3) is 0 Å². The van der Waals surface area contributed by atoms with Gasteiger partial charge in [-0.05, 0) is 23.1 Å². The highest BCUT2D eigenvalue weighted by Crippen LogP contribution is 2.25. The lowest BCUT2D eigenvalue weighted by Gasteiger charge is -2.11. The molecule has 0 aliphatic rings. The van der Waals surface area contributed by atoms with Crippen molar-refractivity contribution >= 4 is 11.3 Å². The molecule has 0 bridgehead atoms. The number of nitrogens with two attached hydrogens (primary N) is 1. The predicted octanol–water partition coefficient (Wildman–Crippen LogP) is 2.67. The topological polar surface area (TPSA) is 49.8 Å². The molecule has 2 nitrogen and oxygen atoms in total. The van der Waals surface area contributed by atoms with E-state index in [-0.39, 0.29) is 6.04 Å². The van der Waals surface area contributed by atoms with Gasteiger partial charge in [0.1, 0.15) is 0 Å². The molecule has 0 radical (unpaired) electrons. The van der Waals surface area contributed by atoms with Crippen LogP contribution in [0.15, 0.2) is 41.8 Å². The monoisotopic (exact) mass is 214 g/mol. The van der Waals surface area contributed by atoms with Gasteiger partial charge >= 0.3 is 0 Å². The Labute approximate surface area is 92.6 Å². The van der Waals surface area contributed by atoms with Crippen LogP contribution >= 0.6 is 11.3 Å². The van der Waals surface area contributed by atoms with E-state index in [0.717, 1.165) is 10.4 Å². The molecule has 1 aromatic heterocycles. The summed E-state index contributed by atoms with van der Waals surface area (Å²) in [7, 11) is 0. The molecule has 1 aromatic carbocycles. The summed E-state index contributed by atoms with van der Waals surface area (Å²) in [6.07, 6.45) is 0. The molecule has 15 heavy (non-hydrogen) atoms. The second-order valence-electron chi connectivity index (χ2n) is 3.19. The molecule has 2 N–H and O–H groups in total. The van der Waals surface area contributed by atoms with Crippen molar-refractivity contribution in [2.45, 2.75) is 6.04 Å². The fourth-order valence-electron chi connectivity index (χ4n) is 1.49. The number of hydrogen-bond acceptors (Lipinski definition) is 3. The fourth-order valence-corrected chi connectivity index (χ4v) is 2.24. The Hall–Kier alpha value is -1.63. The first-order valence-electron chi connectivity index (χ1n) is 4.61. The predicted molar refractivity (Wildman–Crippen MR) is 61.5 cm³/mol. The highest BCUT2D eigenvalue weighted by Gasteiger charge is 2.12. The molecule has 0 saturated heterocycles. The number of thiophene rings is 1. The van der Waals surface area contributed by atoms with Crippen LogP contribution in [-0.2, 0) is 0 Å². The second kappa shape index (κ2) is 4.26. The van der Waals surface area contributed by atoms with E-state index in [1.165, 1.54) is 0 Å². The minimum Gasteiger partial charge on any atom is -0.320 e. The van der Waals surface area contributed by atoms with Crippen molar-refractivity contribution in [3.63, 3.8) is 0 Å². The van der Waals surface area contributed by atoms with Crippen LogP contribution in [0.5, 0.6) is 0 Å². The van der Waals surface area contributed by atoms with E-state index in [2.05, 4.69) is 6.07 Å². The van der Waals surface area contributed by atoms with Gasteiger partial charge in [-0.25, -0.2) is 0 Å². The maximum atomic E-state index is 8.96. The largest absolute Gasteiger partial charge is 0.320 e. The van der Waals surface area contributed by atoms with Crippen molar-refractivity contribution in [1.29, 1.82) is 5.26 Å². The second-order valence-corrected chi connectivity index (χ2v) is 4.17. The van der Waals surface area contributed by atoms with Crippen molar-refractivity contribution in [2.24, 2.45) is 5.73 Å². The van der Waals surface area contributed by atoms with Gasteiger partial charge in [-0.15, -0.1) is 11.3 Å². The van der Waals surface area contributed by atoms with E-state index < -0.39 is 0 Å². The van der Waals surface area contributed by atoms with Crippen LogP contribution in [0.1, 0.15) is 22.0 Å². The molecule has 3 heteroatoms. The summed E-state index contributed by atoms with van der Waals surface area (Å²) in [5.41, 5.74) is 7.64. The Kier molecular flexibility index (Phi) is 2.82. The Morgan fingerprint density at radius 2 is 2.00 bits per heavy atom. The summed E-state index contributed by atoms with van der Waals surface area (Å²) in [6.45, 7) is 0. The highest BCUT2D eigenvalue weighted by atomic mass is 32.1. The van der Waals surface area contributed by atoms with Crippen LogP contribution in [0.4, 0.5) is 0 Å². The van der Waals surface area contributed by atoms with Crippen molar-refractivity contribution in [2.75, 3.05) is 0 Å². The molecule has 1 heterocycles. The van der Waals surface area contributed by atoms with Gasteiger partial charge in [0.2, 0.25) is 0 Å². The number of nitrogens with zero attached hydrogens (tertiary/aromatic N) is 1. The zero-order chi connectivity index (χ0) is 10.7. The van der Waals surface area contributed by atoms with E-state index in [1.807, 2.05) is 35.7 Å². The number of benzene rings is 1. The van der Waals surface area contributed by atoms with E-state index in [1.54, 1.807) is 17.4 Å². The first kappa shape index (κ1) is 9.91. The summed E-state index contributed by atoms with van der Waals surface area (Å²) >= 11 is 1.61. The molecule has 0 aliphatic carbocycles. The SMILES string of the molecule is N#Cc1ccccc1[C@H](N)c1cccs1. The van der Waals surface area contributed by atoms with Gasteiger partial charge in [-0.1, -0.05) is 24.3 Å². The summed E-state index contributed by atoms with van der Waals surface area (Å²) < 4.78 is 0. The molecule has 74 valence electrons. The van der Waals surface area contributed by atoms with Crippen LogP contribution in [0, 0.1) is 11.3 Å². The number of hydrogen-bond donors (Lipinski definition) is 1. The minimum atomic E-state index is -0.194. The Balaban J connectivity index is 2.42. The zero-order valence-electron chi connectivity index (χ0n) is 8.05. The normalized spacial score (nSPS) is 12.0. The Bertz CT molecular complexity index is 483. The molecule has 0 aliphatic heterocycles. The first-order chi connectivity index (χ1) is 7.33. The molecule has 0 amide bonds. The van der Waals surface area contributed by atoms with Gasteiger partial charge in [-0.3, -0.25) is 0 Å². The molecule has 2 aromatic rings. The van der Waals surface area contributed by atoms with E-state index in [4.69, 9.17) is 11.0 Å².